The van der Waals surface area contributed by atoms with Crippen molar-refractivity contribution in [2.24, 2.45) is 0 Å². The molecule has 0 saturated carbocycles. The van der Waals surface area contributed by atoms with Crippen molar-refractivity contribution < 1.29 is 27.5 Å². The van der Waals surface area contributed by atoms with E-state index in [0.29, 0.717) is 63.4 Å². The van der Waals surface area contributed by atoms with Gasteiger partial charge in [-0.3, -0.25) is 9.00 Å². The Labute approximate surface area is 269 Å². The average Bonchev–Trinajstić information content (AvgIpc) is 3.41. The van der Waals surface area contributed by atoms with Crippen molar-refractivity contribution in [1.29, 1.82) is 0 Å². The first-order valence-electron chi connectivity index (χ1n) is 15.0. The van der Waals surface area contributed by atoms with Crippen LogP contribution in [0.4, 0.5) is 10.1 Å². The summed E-state index contributed by atoms with van der Waals surface area (Å²) in [5.41, 5.74) is 4.22. The number of para-hydroxylation sites is 1. The third-order valence-corrected chi connectivity index (χ3v) is 7.92. The maximum absolute atomic E-state index is 15.6. The molecule has 46 heavy (non-hydrogen) atoms. The van der Waals surface area contributed by atoms with Crippen LogP contribution < -0.4 is 4.72 Å². The van der Waals surface area contributed by atoms with E-state index in [1.54, 1.807) is 89.5 Å². The van der Waals surface area contributed by atoms with Crippen molar-refractivity contribution >= 4 is 28.7 Å². The van der Waals surface area contributed by atoms with Crippen molar-refractivity contribution in [3.05, 3.63) is 142 Å². The lowest BCUT2D eigenvalue weighted by Gasteiger charge is -2.16. The van der Waals surface area contributed by atoms with Gasteiger partial charge < -0.3 is 18.6 Å². The molecule has 1 aromatic heterocycles. The highest BCUT2D eigenvalue weighted by atomic mass is 32.2. The standard InChI is InChI=1S/C36H34FN3O5S/c1-3-11-33-38-31(4-2)34(36(42)45-23-24-12-10-15-27(20-24)35(41)25-13-6-5-7-14-25)40(33)22-28-19-18-26(21-30(28)37)29-16-8-9-17-32(29)39-46(43)44/h5-10,12-21,39H,3-4,11,22-23H2,1-2H3,(H,43,44)/p-1. The zero-order valence-electron chi connectivity index (χ0n) is 25.5. The Morgan fingerprint density at radius 1 is 0.935 bits per heavy atom. The van der Waals surface area contributed by atoms with Gasteiger partial charge in [-0.15, -0.1) is 0 Å². The molecule has 0 aliphatic rings. The number of carbonyl (C=O) groups excluding carboxylic acids is 2. The van der Waals surface area contributed by atoms with Gasteiger partial charge in [-0.1, -0.05) is 92.7 Å². The first-order chi connectivity index (χ1) is 22.3. The van der Waals surface area contributed by atoms with Crippen molar-refractivity contribution in [2.45, 2.75) is 46.3 Å². The Morgan fingerprint density at radius 3 is 2.39 bits per heavy atom. The minimum Gasteiger partial charge on any atom is -0.755 e. The van der Waals surface area contributed by atoms with Crippen LogP contribution in [0.1, 0.15) is 69.3 Å². The summed E-state index contributed by atoms with van der Waals surface area (Å²) in [4.78, 5) is 31.3. The third kappa shape index (κ3) is 7.47. The second kappa shape index (κ2) is 14.9. The van der Waals surface area contributed by atoms with E-state index >= 15 is 4.39 Å². The molecule has 8 nitrogen and oxygen atoms in total. The first-order valence-corrected chi connectivity index (χ1v) is 16.0. The molecule has 5 rings (SSSR count). The smallest absolute Gasteiger partial charge is 0.357 e. The van der Waals surface area contributed by atoms with E-state index in [1.807, 2.05) is 19.9 Å². The van der Waals surface area contributed by atoms with Crippen LogP contribution >= 0.6 is 0 Å². The lowest BCUT2D eigenvalue weighted by atomic mass is 10.0. The van der Waals surface area contributed by atoms with Gasteiger partial charge >= 0.3 is 5.97 Å². The summed E-state index contributed by atoms with van der Waals surface area (Å²) in [6.45, 7) is 3.89. The molecule has 0 amide bonds. The number of halogens is 1. The normalized spacial score (nSPS) is 11.7. The van der Waals surface area contributed by atoms with E-state index in [-0.39, 0.29) is 24.6 Å². The molecule has 1 atom stereocenters. The van der Waals surface area contributed by atoms with Crippen LogP contribution in [-0.4, -0.2) is 30.1 Å². The monoisotopic (exact) mass is 638 g/mol. The van der Waals surface area contributed by atoms with E-state index < -0.39 is 23.1 Å². The molecule has 4 aromatic carbocycles. The summed E-state index contributed by atoms with van der Waals surface area (Å²) in [5, 5.41) is 0. The summed E-state index contributed by atoms with van der Waals surface area (Å²) < 4.78 is 48.0. The largest absolute Gasteiger partial charge is 0.755 e. The molecule has 0 radical (unpaired) electrons. The quantitative estimate of drug-likeness (QED) is 0.0841. The van der Waals surface area contributed by atoms with E-state index in [2.05, 4.69) is 4.72 Å². The average molecular weight is 639 g/mol. The summed E-state index contributed by atoms with van der Waals surface area (Å²) in [7, 11) is 0. The van der Waals surface area contributed by atoms with Crippen molar-refractivity contribution in [2.75, 3.05) is 4.72 Å². The molecular weight excluding hydrogens is 605 g/mol. The van der Waals surface area contributed by atoms with Gasteiger partial charge in [0.1, 0.15) is 18.2 Å². The number of aromatic nitrogens is 2. The number of rotatable bonds is 13. The molecule has 236 valence electrons. The Balaban J connectivity index is 1.40. The SMILES string of the molecule is CCCc1nc(CC)c(C(=O)OCc2cccc(C(=O)c3ccccc3)c2)n1Cc1ccc(-c2ccccc2NS(=O)[O-])cc1F. The number of anilines is 1. The molecule has 1 unspecified atom stereocenters. The van der Waals surface area contributed by atoms with Gasteiger partial charge in [0, 0.05) is 39.9 Å². The van der Waals surface area contributed by atoms with Crippen molar-refractivity contribution in [1.82, 2.24) is 9.55 Å². The Morgan fingerprint density at radius 2 is 1.67 bits per heavy atom. The van der Waals surface area contributed by atoms with Gasteiger partial charge in [0.2, 0.25) is 0 Å². The Hall–Kier alpha value is -4.93. The van der Waals surface area contributed by atoms with Crippen LogP contribution in [0, 0.1) is 5.82 Å². The number of nitrogens with zero attached hydrogens (tertiary/aromatic N) is 2. The van der Waals surface area contributed by atoms with E-state index in [0.717, 1.165) is 6.42 Å². The zero-order valence-corrected chi connectivity index (χ0v) is 26.3. The van der Waals surface area contributed by atoms with Crippen molar-refractivity contribution in [3.8, 4) is 11.1 Å². The summed E-state index contributed by atoms with van der Waals surface area (Å²) in [5.74, 6) is -0.576. The molecule has 10 heteroatoms. The highest BCUT2D eigenvalue weighted by Gasteiger charge is 2.24. The molecule has 0 fully saturated rings. The molecule has 5 aromatic rings. The fourth-order valence-corrected chi connectivity index (χ4v) is 5.67. The molecular formula is C36H33FN3O5S-. The maximum atomic E-state index is 15.6. The molecule has 0 saturated heterocycles. The van der Waals surface area contributed by atoms with Crippen molar-refractivity contribution in [3.63, 3.8) is 0 Å². The number of imidazole rings is 1. The number of hydrogen-bond donors (Lipinski definition) is 1. The van der Waals surface area contributed by atoms with Crippen LogP contribution in [0.3, 0.4) is 0 Å². The minimum atomic E-state index is -2.54. The number of ether oxygens (including phenoxy) is 1. The van der Waals surface area contributed by atoms with E-state index in [1.165, 1.54) is 6.07 Å². The molecule has 1 N–H and O–H groups in total. The number of nitrogens with one attached hydrogen (secondary N) is 1. The molecule has 1 heterocycles. The molecule has 0 aliphatic heterocycles. The van der Waals surface area contributed by atoms with Crippen LogP contribution in [0.25, 0.3) is 11.1 Å². The third-order valence-electron chi connectivity index (χ3n) is 7.53. The fraction of sp³-hybridized carbons (Fsp3) is 0.194. The van der Waals surface area contributed by atoms with E-state index in [9.17, 15) is 18.4 Å². The number of hydrogen-bond acceptors (Lipinski definition) is 6. The fourth-order valence-electron chi connectivity index (χ4n) is 5.32. The number of aryl methyl sites for hydroxylation is 2. The van der Waals surface area contributed by atoms with Gasteiger partial charge in [0.05, 0.1) is 17.9 Å². The molecule has 0 spiro atoms. The number of benzene rings is 4. The number of carbonyl (C=O) groups is 2. The predicted octanol–water partition coefficient (Wildman–Crippen LogP) is 7.05. The minimum absolute atomic E-state index is 0.0460. The second-order valence-corrected chi connectivity index (χ2v) is 11.3. The number of ketones is 1. The topological polar surface area (TPSA) is 113 Å². The van der Waals surface area contributed by atoms with Crippen LogP contribution in [-0.2, 0) is 42.0 Å². The lowest BCUT2D eigenvalue weighted by Crippen LogP contribution is -2.17. The van der Waals surface area contributed by atoms with Gasteiger partial charge in [-0.25, -0.2) is 14.2 Å². The predicted molar refractivity (Wildman–Crippen MR) is 175 cm³/mol. The second-order valence-electron chi connectivity index (χ2n) is 10.7. The van der Waals surface area contributed by atoms with Gasteiger partial charge in [0.25, 0.3) is 0 Å². The van der Waals surface area contributed by atoms with Gasteiger partial charge in [0.15, 0.2) is 11.5 Å². The zero-order chi connectivity index (χ0) is 32.6. The van der Waals surface area contributed by atoms with Gasteiger partial charge in [-0.05, 0) is 42.2 Å². The highest BCUT2D eigenvalue weighted by molar-refractivity contribution is 7.80. The summed E-state index contributed by atoms with van der Waals surface area (Å²) in [6, 6.07) is 27.3. The molecule has 0 aliphatic carbocycles. The van der Waals surface area contributed by atoms with E-state index in [4.69, 9.17) is 9.72 Å². The van der Waals surface area contributed by atoms with Crippen LogP contribution in [0.15, 0.2) is 97.1 Å². The molecule has 0 bridgehead atoms. The maximum Gasteiger partial charge on any atom is 0.357 e. The van der Waals surface area contributed by atoms with Crippen LogP contribution in [0.5, 0.6) is 0 Å². The first kappa shape index (κ1) is 32.5. The lowest BCUT2D eigenvalue weighted by molar-refractivity contribution is 0.0458. The van der Waals surface area contributed by atoms with Crippen LogP contribution in [0.2, 0.25) is 0 Å². The number of esters is 1. The summed E-state index contributed by atoms with van der Waals surface area (Å²) in [6.07, 6.45) is 1.82. The Kier molecular flexibility index (Phi) is 10.5. The Bertz CT molecular complexity index is 1890. The highest BCUT2D eigenvalue weighted by Crippen LogP contribution is 2.30. The summed E-state index contributed by atoms with van der Waals surface area (Å²) >= 11 is -2.54. The van der Waals surface area contributed by atoms with Gasteiger partial charge in [-0.2, -0.15) is 0 Å².